The number of ether oxygens (including phenoxy) is 4. The number of nitrogens with zero attached hydrogens (tertiary/aromatic N) is 2. The van der Waals surface area contributed by atoms with Gasteiger partial charge in [-0.3, -0.25) is 0 Å². The van der Waals surface area contributed by atoms with Crippen LogP contribution >= 0.6 is 0 Å². The van der Waals surface area contributed by atoms with Gasteiger partial charge < -0.3 is 28.7 Å². The largest absolute Gasteiger partial charge is 0.488 e. The minimum atomic E-state index is -0.199. The molecule has 0 atom stereocenters. The molecule has 4 aromatic rings. The van der Waals surface area contributed by atoms with Gasteiger partial charge in [0.15, 0.2) is 0 Å². The third kappa shape index (κ3) is 4.95. The van der Waals surface area contributed by atoms with E-state index in [1.54, 1.807) is 12.1 Å². The van der Waals surface area contributed by atoms with Crippen LogP contribution in [0.2, 0.25) is 0 Å². The Labute approximate surface area is 244 Å². The van der Waals surface area contributed by atoms with Gasteiger partial charge in [0, 0.05) is 59.8 Å². The normalized spacial score (nSPS) is 16.9. The van der Waals surface area contributed by atoms with Gasteiger partial charge in [0.25, 0.3) is 0 Å². The van der Waals surface area contributed by atoms with Crippen LogP contribution in [0.25, 0.3) is 22.3 Å². The lowest BCUT2D eigenvalue weighted by Gasteiger charge is -2.33. The number of hydrogen-bond acceptors (Lipinski definition) is 6. The van der Waals surface area contributed by atoms with Crippen LogP contribution in [0.15, 0.2) is 72.8 Å². The number of anilines is 2. The maximum atomic E-state index is 14.0. The SMILES string of the molecule is Fc1cccc2c1COc1cccc(N3CCOCC3)c1-2.Fc1cccc2c1COc1cccc(N3CCOCC3)c1-2. The molecule has 0 N–H and O–H groups in total. The van der Waals surface area contributed by atoms with Crippen molar-refractivity contribution in [2.45, 2.75) is 13.2 Å². The molecule has 2 saturated heterocycles. The summed E-state index contributed by atoms with van der Waals surface area (Å²) in [5.74, 6) is 1.26. The van der Waals surface area contributed by atoms with Crippen molar-refractivity contribution in [1.29, 1.82) is 0 Å². The number of morpholine rings is 2. The molecule has 4 aromatic carbocycles. The van der Waals surface area contributed by atoms with Crippen molar-refractivity contribution in [1.82, 2.24) is 0 Å². The van der Waals surface area contributed by atoms with E-state index in [-0.39, 0.29) is 11.6 Å². The topological polar surface area (TPSA) is 43.4 Å². The molecule has 8 rings (SSSR count). The summed E-state index contributed by atoms with van der Waals surface area (Å²) in [4.78, 5) is 4.57. The molecule has 0 saturated carbocycles. The molecule has 0 spiro atoms. The summed E-state index contributed by atoms with van der Waals surface area (Å²) in [7, 11) is 0. The first-order valence-corrected chi connectivity index (χ1v) is 14.4. The van der Waals surface area contributed by atoms with Gasteiger partial charge in [0.05, 0.1) is 26.4 Å². The van der Waals surface area contributed by atoms with Gasteiger partial charge in [0.2, 0.25) is 0 Å². The first-order valence-electron chi connectivity index (χ1n) is 14.4. The summed E-state index contributed by atoms with van der Waals surface area (Å²) in [5, 5.41) is 0. The molecule has 0 aromatic heterocycles. The second-order valence-corrected chi connectivity index (χ2v) is 10.6. The number of halogens is 2. The Morgan fingerprint density at radius 3 is 1.33 bits per heavy atom. The van der Waals surface area contributed by atoms with Crippen molar-refractivity contribution in [3.63, 3.8) is 0 Å². The standard InChI is InChI=1S/2C17H16FNO2/c2*18-14-4-1-3-12-13(14)11-21-16-6-2-5-15(17(12)16)19-7-9-20-10-8-19/h2*1-6H,7-11H2. The zero-order valence-corrected chi connectivity index (χ0v) is 23.3. The van der Waals surface area contributed by atoms with Gasteiger partial charge >= 0.3 is 0 Å². The molecule has 4 heterocycles. The monoisotopic (exact) mass is 570 g/mol. The van der Waals surface area contributed by atoms with Crippen molar-refractivity contribution in [3.8, 4) is 33.8 Å². The first-order chi connectivity index (χ1) is 20.7. The highest BCUT2D eigenvalue weighted by Crippen LogP contribution is 2.46. The van der Waals surface area contributed by atoms with E-state index >= 15 is 0 Å². The van der Waals surface area contributed by atoms with E-state index in [2.05, 4.69) is 21.9 Å². The van der Waals surface area contributed by atoms with Crippen molar-refractivity contribution >= 4 is 11.4 Å². The Hall–Kier alpha value is -4.14. The molecule has 0 aliphatic carbocycles. The van der Waals surface area contributed by atoms with Gasteiger partial charge in [-0.25, -0.2) is 8.78 Å². The highest BCUT2D eigenvalue weighted by molar-refractivity contribution is 5.88. The van der Waals surface area contributed by atoms with Gasteiger partial charge in [-0.15, -0.1) is 0 Å². The zero-order valence-electron chi connectivity index (χ0n) is 23.3. The smallest absolute Gasteiger partial charge is 0.130 e. The Kier molecular flexibility index (Phi) is 7.40. The lowest BCUT2D eigenvalue weighted by atomic mass is 9.94. The van der Waals surface area contributed by atoms with Crippen LogP contribution < -0.4 is 19.3 Å². The van der Waals surface area contributed by atoms with Crippen molar-refractivity contribution in [2.24, 2.45) is 0 Å². The molecule has 0 unspecified atom stereocenters. The van der Waals surface area contributed by atoms with Gasteiger partial charge in [-0.05, 0) is 47.5 Å². The molecular formula is C34H32F2N2O4. The number of rotatable bonds is 2. The molecule has 216 valence electrons. The lowest BCUT2D eigenvalue weighted by molar-refractivity contribution is 0.122. The van der Waals surface area contributed by atoms with Crippen LogP contribution in [0.3, 0.4) is 0 Å². The van der Waals surface area contributed by atoms with E-state index < -0.39 is 0 Å². The maximum Gasteiger partial charge on any atom is 0.130 e. The summed E-state index contributed by atoms with van der Waals surface area (Å²) in [6.07, 6.45) is 0. The highest BCUT2D eigenvalue weighted by Gasteiger charge is 2.27. The predicted octanol–water partition coefficient (Wildman–Crippen LogP) is 6.44. The van der Waals surface area contributed by atoms with Crippen LogP contribution in [-0.2, 0) is 22.7 Å². The average Bonchev–Trinajstić information content (AvgIpc) is 3.05. The molecule has 42 heavy (non-hydrogen) atoms. The fourth-order valence-electron chi connectivity index (χ4n) is 6.14. The Morgan fingerprint density at radius 1 is 0.500 bits per heavy atom. The summed E-state index contributed by atoms with van der Waals surface area (Å²) < 4.78 is 50.4. The zero-order chi connectivity index (χ0) is 28.5. The van der Waals surface area contributed by atoms with Crippen molar-refractivity contribution < 1.29 is 27.7 Å². The number of fused-ring (bicyclic) bond motifs is 6. The molecule has 6 nitrogen and oxygen atoms in total. The van der Waals surface area contributed by atoms with Gasteiger partial charge in [0.1, 0.15) is 36.3 Å². The predicted molar refractivity (Wildman–Crippen MR) is 158 cm³/mol. The van der Waals surface area contributed by atoms with Crippen LogP contribution in [0, 0.1) is 11.6 Å². The minimum absolute atomic E-state index is 0.199. The molecule has 0 bridgehead atoms. The molecule has 4 aliphatic rings. The van der Waals surface area contributed by atoms with Crippen molar-refractivity contribution in [3.05, 3.63) is 95.6 Å². The van der Waals surface area contributed by atoms with Crippen LogP contribution in [0.5, 0.6) is 11.5 Å². The van der Waals surface area contributed by atoms with E-state index in [1.165, 1.54) is 12.1 Å². The summed E-state index contributed by atoms with van der Waals surface area (Å²) in [5.41, 5.74) is 7.37. The summed E-state index contributed by atoms with van der Waals surface area (Å²) >= 11 is 0. The van der Waals surface area contributed by atoms with Crippen LogP contribution in [0.1, 0.15) is 11.1 Å². The van der Waals surface area contributed by atoms with Gasteiger partial charge in [-0.1, -0.05) is 36.4 Å². The number of hydrogen-bond donors (Lipinski definition) is 0. The third-order valence-corrected chi connectivity index (χ3v) is 8.23. The Bertz CT molecular complexity index is 1480. The van der Waals surface area contributed by atoms with E-state index in [0.29, 0.717) is 24.3 Å². The van der Waals surface area contributed by atoms with Crippen LogP contribution in [0.4, 0.5) is 20.2 Å². The fraction of sp³-hybridized carbons (Fsp3) is 0.294. The molecule has 2 fully saturated rings. The van der Waals surface area contributed by atoms with E-state index in [4.69, 9.17) is 18.9 Å². The lowest BCUT2D eigenvalue weighted by Crippen LogP contribution is -2.36. The van der Waals surface area contributed by atoms with E-state index in [9.17, 15) is 8.78 Å². The minimum Gasteiger partial charge on any atom is -0.488 e. The average molecular weight is 571 g/mol. The number of benzene rings is 4. The Balaban J connectivity index is 0.000000137. The molecule has 0 amide bonds. The molecule has 4 aliphatic heterocycles. The second kappa shape index (κ2) is 11.6. The Morgan fingerprint density at radius 2 is 0.905 bits per heavy atom. The van der Waals surface area contributed by atoms with E-state index in [0.717, 1.165) is 97.7 Å². The fourth-order valence-corrected chi connectivity index (χ4v) is 6.14. The summed E-state index contributed by atoms with van der Waals surface area (Å²) in [6, 6.07) is 22.5. The molecule has 0 radical (unpaired) electrons. The van der Waals surface area contributed by atoms with Crippen molar-refractivity contribution in [2.75, 3.05) is 62.4 Å². The van der Waals surface area contributed by atoms with Gasteiger partial charge in [-0.2, -0.15) is 0 Å². The maximum absolute atomic E-state index is 14.0. The highest BCUT2D eigenvalue weighted by atomic mass is 19.1. The second-order valence-electron chi connectivity index (χ2n) is 10.6. The summed E-state index contributed by atoms with van der Waals surface area (Å²) in [6.45, 7) is 6.87. The van der Waals surface area contributed by atoms with E-state index in [1.807, 2.05) is 36.4 Å². The third-order valence-electron chi connectivity index (χ3n) is 8.23. The molecular weight excluding hydrogens is 538 g/mol. The van der Waals surface area contributed by atoms with Crippen LogP contribution in [-0.4, -0.2) is 52.6 Å². The molecule has 8 heteroatoms. The quantitative estimate of drug-likeness (QED) is 0.276. The first kappa shape index (κ1) is 26.7.